The van der Waals surface area contributed by atoms with Crippen molar-refractivity contribution < 1.29 is 9.53 Å². The minimum absolute atomic E-state index is 0.0393. The summed E-state index contributed by atoms with van der Waals surface area (Å²) in [6.45, 7) is 1.49. The molecule has 0 aliphatic heterocycles. The summed E-state index contributed by atoms with van der Waals surface area (Å²) >= 11 is 0. The maximum atomic E-state index is 10.9. The van der Waals surface area contributed by atoms with Crippen molar-refractivity contribution in [2.75, 3.05) is 0 Å². The molecule has 0 radical (unpaired) electrons. The topological polar surface area (TPSA) is 26.3 Å². The first-order valence-corrected chi connectivity index (χ1v) is 5.29. The van der Waals surface area contributed by atoms with Crippen LogP contribution in [0.2, 0.25) is 0 Å². The van der Waals surface area contributed by atoms with Gasteiger partial charge in [0, 0.05) is 12.8 Å². The van der Waals surface area contributed by atoms with Crippen molar-refractivity contribution >= 4 is 5.97 Å². The van der Waals surface area contributed by atoms with E-state index in [4.69, 9.17) is 4.74 Å². The van der Waals surface area contributed by atoms with Crippen molar-refractivity contribution in [1.29, 1.82) is 0 Å². The molecule has 0 spiro atoms. The summed E-state index contributed by atoms with van der Waals surface area (Å²) in [6.07, 6.45) is 10.2. The van der Waals surface area contributed by atoms with Crippen LogP contribution in [0, 0.1) is 23.7 Å². The standard InChI is InChI=1S/C12H14O2/c1-7(13)14-11-5-4-10-8-2-3-9(6-8)12(10)11/h2-5,8-12H,6H2,1H3/t8-,9+,10?,11+,12?/m1/s1. The van der Waals surface area contributed by atoms with Gasteiger partial charge in [-0.25, -0.2) is 0 Å². The number of esters is 1. The summed E-state index contributed by atoms with van der Waals surface area (Å²) in [5.74, 6) is 2.36. The Morgan fingerprint density at radius 3 is 2.79 bits per heavy atom. The first kappa shape index (κ1) is 8.27. The number of hydrogen-bond acceptors (Lipinski definition) is 2. The van der Waals surface area contributed by atoms with Crippen LogP contribution in [0.25, 0.3) is 0 Å². The molecule has 0 saturated heterocycles. The van der Waals surface area contributed by atoms with Crippen LogP contribution in [0.3, 0.4) is 0 Å². The lowest BCUT2D eigenvalue weighted by molar-refractivity contribution is -0.146. The Labute approximate surface area is 83.6 Å². The average Bonchev–Trinajstić information content (AvgIpc) is 2.74. The number of fused-ring (bicyclic) bond motifs is 5. The van der Waals surface area contributed by atoms with Crippen molar-refractivity contribution in [2.24, 2.45) is 23.7 Å². The van der Waals surface area contributed by atoms with Gasteiger partial charge in [-0.15, -0.1) is 0 Å². The van der Waals surface area contributed by atoms with Gasteiger partial charge in [0.05, 0.1) is 0 Å². The molecule has 1 saturated carbocycles. The molecule has 2 unspecified atom stereocenters. The zero-order chi connectivity index (χ0) is 9.71. The first-order valence-electron chi connectivity index (χ1n) is 5.29. The molecule has 2 nitrogen and oxygen atoms in total. The van der Waals surface area contributed by atoms with Gasteiger partial charge in [-0.3, -0.25) is 4.79 Å². The highest BCUT2D eigenvalue weighted by atomic mass is 16.5. The van der Waals surface area contributed by atoms with E-state index < -0.39 is 0 Å². The largest absolute Gasteiger partial charge is 0.458 e. The van der Waals surface area contributed by atoms with E-state index in [0.29, 0.717) is 23.7 Å². The Kier molecular flexibility index (Phi) is 1.61. The SMILES string of the molecule is CC(=O)O[C@H]1C=CC2C1[C@H]1C=C[C@@H]2C1. The molecule has 0 N–H and O–H groups in total. The van der Waals surface area contributed by atoms with Crippen LogP contribution in [0.4, 0.5) is 0 Å². The number of rotatable bonds is 1. The van der Waals surface area contributed by atoms with Crippen LogP contribution in [-0.2, 0) is 9.53 Å². The summed E-state index contributed by atoms with van der Waals surface area (Å²) in [7, 11) is 0. The summed E-state index contributed by atoms with van der Waals surface area (Å²) in [5, 5.41) is 0. The van der Waals surface area contributed by atoms with Gasteiger partial charge in [0.15, 0.2) is 0 Å². The molecule has 0 amide bonds. The Bertz CT molecular complexity index is 329. The number of hydrogen-bond donors (Lipinski definition) is 0. The van der Waals surface area contributed by atoms with Gasteiger partial charge >= 0.3 is 5.97 Å². The lowest BCUT2D eigenvalue weighted by atomic mass is 9.84. The molecule has 3 rings (SSSR count). The molecule has 5 atom stereocenters. The van der Waals surface area contributed by atoms with Crippen molar-refractivity contribution in [1.82, 2.24) is 0 Å². The van der Waals surface area contributed by atoms with Crippen LogP contribution >= 0.6 is 0 Å². The first-order chi connectivity index (χ1) is 6.75. The predicted octanol–water partition coefficient (Wildman–Crippen LogP) is 1.93. The zero-order valence-electron chi connectivity index (χ0n) is 8.22. The molecule has 0 aromatic rings. The van der Waals surface area contributed by atoms with Gasteiger partial charge in [0.2, 0.25) is 0 Å². The number of carbonyl (C=O) groups is 1. The molecule has 74 valence electrons. The van der Waals surface area contributed by atoms with E-state index >= 15 is 0 Å². The molecule has 3 aliphatic carbocycles. The lowest BCUT2D eigenvalue weighted by Gasteiger charge is -2.25. The normalized spacial score (nSPS) is 47.1. The van der Waals surface area contributed by atoms with Crippen molar-refractivity contribution in [2.45, 2.75) is 19.4 Å². The zero-order valence-corrected chi connectivity index (χ0v) is 8.22. The van der Waals surface area contributed by atoms with E-state index in [1.54, 1.807) is 0 Å². The maximum absolute atomic E-state index is 10.9. The number of ether oxygens (including phenoxy) is 1. The van der Waals surface area contributed by atoms with Crippen molar-refractivity contribution in [3.8, 4) is 0 Å². The fourth-order valence-electron chi connectivity index (χ4n) is 3.31. The molecular weight excluding hydrogens is 176 g/mol. The minimum Gasteiger partial charge on any atom is -0.458 e. The van der Waals surface area contributed by atoms with Crippen LogP contribution < -0.4 is 0 Å². The summed E-state index contributed by atoms with van der Waals surface area (Å²) in [4.78, 5) is 10.9. The van der Waals surface area contributed by atoms with E-state index in [0.717, 1.165) is 0 Å². The molecule has 2 heteroatoms. The highest BCUT2D eigenvalue weighted by Crippen LogP contribution is 2.53. The highest BCUT2D eigenvalue weighted by Gasteiger charge is 2.49. The Hall–Kier alpha value is -1.05. The molecule has 1 fully saturated rings. The maximum Gasteiger partial charge on any atom is 0.303 e. The second-order valence-electron chi connectivity index (χ2n) is 4.56. The van der Waals surface area contributed by atoms with Gasteiger partial charge in [-0.2, -0.15) is 0 Å². The van der Waals surface area contributed by atoms with E-state index in [2.05, 4.69) is 24.3 Å². The van der Waals surface area contributed by atoms with E-state index in [-0.39, 0.29) is 12.1 Å². The third-order valence-corrected chi connectivity index (χ3v) is 3.79. The molecule has 14 heavy (non-hydrogen) atoms. The minimum atomic E-state index is -0.160. The fraction of sp³-hybridized carbons (Fsp3) is 0.583. The van der Waals surface area contributed by atoms with E-state index in [1.807, 2.05) is 0 Å². The highest BCUT2D eigenvalue weighted by molar-refractivity contribution is 5.66. The summed E-state index contributed by atoms with van der Waals surface area (Å²) in [6, 6.07) is 0. The number of carbonyl (C=O) groups excluding carboxylic acids is 1. The molecule has 0 aromatic carbocycles. The second-order valence-corrected chi connectivity index (χ2v) is 4.56. The van der Waals surface area contributed by atoms with Gasteiger partial charge in [-0.1, -0.05) is 18.2 Å². The van der Waals surface area contributed by atoms with Crippen LogP contribution in [0.5, 0.6) is 0 Å². The molecule has 3 aliphatic rings. The Morgan fingerprint density at radius 2 is 2.00 bits per heavy atom. The second kappa shape index (κ2) is 2.72. The summed E-state index contributed by atoms with van der Waals surface area (Å²) in [5.41, 5.74) is 0. The van der Waals surface area contributed by atoms with Crippen LogP contribution in [0.15, 0.2) is 24.3 Å². The van der Waals surface area contributed by atoms with Crippen molar-refractivity contribution in [3.63, 3.8) is 0 Å². The molecule has 2 bridgehead atoms. The van der Waals surface area contributed by atoms with Crippen molar-refractivity contribution in [3.05, 3.63) is 24.3 Å². The Balaban J connectivity index is 1.82. The summed E-state index contributed by atoms with van der Waals surface area (Å²) < 4.78 is 5.32. The molecular formula is C12H14O2. The van der Waals surface area contributed by atoms with E-state index in [1.165, 1.54) is 13.3 Å². The fourth-order valence-corrected chi connectivity index (χ4v) is 3.31. The smallest absolute Gasteiger partial charge is 0.303 e. The molecule has 0 aromatic heterocycles. The third kappa shape index (κ3) is 0.999. The quantitative estimate of drug-likeness (QED) is 0.466. The third-order valence-electron chi connectivity index (χ3n) is 3.79. The van der Waals surface area contributed by atoms with Crippen LogP contribution in [-0.4, -0.2) is 12.1 Å². The monoisotopic (exact) mass is 190 g/mol. The van der Waals surface area contributed by atoms with E-state index in [9.17, 15) is 4.79 Å². The lowest BCUT2D eigenvalue weighted by Crippen LogP contribution is -2.27. The van der Waals surface area contributed by atoms with Crippen LogP contribution in [0.1, 0.15) is 13.3 Å². The Morgan fingerprint density at radius 1 is 1.21 bits per heavy atom. The number of allylic oxidation sites excluding steroid dienone is 3. The van der Waals surface area contributed by atoms with Gasteiger partial charge in [0.25, 0.3) is 0 Å². The van der Waals surface area contributed by atoms with Gasteiger partial charge in [0.1, 0.15) is 6.10 Å². The average molecular weight is 190 g/mol. The van der Waals surface area contributed by atoms with Gasteiger partial charge < -0.3 is 4.74 Å². The molecule has 0 heterocycles. The predicted molar refractivity (Wildman–Crippen MR) is 52.4 cm³/mol. The van der Waals surface area contributed by atoms with Gasteiger partial charge in [-0.05, 0) is 30.3 Å².